The van der Waals surface area contributed by atoms with Gasteiger partial charge >= 0.3 is 5.97 Å². The Morgan fingerprint density at radius 3 is 2.61 bits per heavy atom. The van der Waals surface area contributed by atoms with Crippen LogP contribution in [0.1, 0.15) is 12.0 Å². The normalized spacial score (nSPS) is 11.7. The molecule has 0 aliphatic carbocycles. The van der Waals surface area contributed by atoms with Crippen molar-refractivity contribution in [2.75, 3.05) is 6.61 Å². The second kappa shape index (κ2) is 7.62. The molecule has 0 N–H and O–H groups in total. The molecule has 0 aromatic heterocycles. The van der Waals surface area contributed by atoms with Crippen molar-refractivity contribution in [1.82, 2.24) is 0 Å². The summed E-state index contributed by atoms with van der Waals surface area (Å²) < 4.78 is 5.04. The van der Waals surface area contributed by atoms with Gasteiger partial charge in [-0.1, -0.05) is 30.3 Å². The third kappa shape index (κ3) is 7.53. The van der Waals surface area contributed by atoms with Crippen molar-refractivity contribution in [3.05, 3.63) is 42.0 Å². The van der Waals surface area contributed by atoms with E-state index < -0.39 is 6.69 Å². The summed E-state index contributed by atoms with van der Waals surface area (Å²) in [5.41, 5.74) is 0.968. The molecule has 0 spiro atoms. The molecule has 1 aromatic carbocycles. The predicted octanol–water partition coefficient (Wildman–Crippen LogP) is 4.18. The third-order valence-electron chi connectivity index (χ3n) is 2.22. The Kier molecular flexibility index (Phi) is 6.47. The Morgan fingerprint density at radius 2 is 2.00 bits per heavy atom. The molecular weight excluding hydrogens is 287 g/mol. The topological polar surface area (TPSA) is 26.3 Å². The van der Waals surface area contributed by atoms with Crippen molar-refractivity contribution >= 4 is 40.9 Å². The lowest BCUT2D eigenvalue weighted by Crippen LogP contribution is -2.13. The van der Waals surface area contributed by atoms with E-state index in [1.165, 1.54) is 6.08 Å². The van der Waals surface area contributed by atoms with Crippen LogP contribution < -0.4 is 0 Å². The van der Waals surface area contributed by atoms with Gasteiger partial charge < -0.3 is 4.74 Å². The molecule has 0 aliphatic rings. The maximum atomic E-state index is 11.4. The van der Waals surface area contributed by atoms with Crippen LogP contribution in [0.5, 0.6) is 0 Å². The number of halogens is 2. The van der Waals surface area contributed by atoms with E-state index in [0.29, 0.717) is 13.0 Å². The molecule has 0 amide bonds. The van der Waals surface area contributed by atoms with Crippen LogP contribution in [-0.2, 0) is 9.53 Å². The van der Waals surface area contributed by atoms with Crippen LogP contribution in [0.25, 0.3) is 6.08 Å². The number of benzene rings is 1. The number of carbonyl (C=O) groups is 1. The fourth-order valence-electron chi connectivity index (χ4n) is 1.33. The predicted molar refractivity (Wildman–Crippen MR) is 79.2 cm³/mol. The first-order valence-electron chi connectivity index (χ1n) is 5.75. The van der Waals surface area contributed by atoms with Crippen molar-refractivity contribution in [2.45, 2.75) is 19.0 Å². The van der Waals surface area contributed by atoms with Gasteiger partial charge in [0.05, 0.1) is 6.61 Å². The van der Waals surface area contributed by atoms with Gasteiger partial charge in [0.2, 0.25) is 6.69 Å². The summed E-state index contributed by atoms with van der Waals surface area (Å²) in [4.78, 5) is 11.4. The van der Waals surface area contributed by atoms with Crippen molar-refractivity contribution in [1.29, 1.82) is 0 Å². The summed E-state index contributed by atoms with van der Waals surface area (Å²) in [6.45, 7) is 0.150. The van der Waals surface area contributed by atoms with Gasteiger partial charge in [-0.05, 0) is 30.7 Å². The molecule has 0 saturated heterocycles. The Labute approximate surface area is 118 Å². The van der Waals surface area contributed by atoms with Crippen molar-refractivity contribution < 1.29 is 9.53 Å². The van der Waals surface area contributed by atoms with Gasteiger partial charge in [-0.3, -0.25) is 0 Å². The number of hydrogen-bond donors (Lipinski definition) is 0. The quantitative estimate of drug-likeness (QED) is 0.259. The highest BCUT2D eigenvalue weighted by Gasteiger charge is 2.19. The summed E-state index contributed by atoms with van der Waals surface area (Å²) in [6, 6.07) is 10.3. The Balaban J connectivity index is 2.24. The second-order valence-electron chi connectivity index (χ2n) is 4.09. The molecule has 0 unspecified atom stereocenters. The number of esters is 1. The van der Waals surface area contributed by atoms with Crippen LogP contribution in [0.15, 0.2) is 36.4 Å². The summed E-state index contributed by atoms with van der Waals surface area (Å²) in [5, 5.41) is 0. The van der Waals surface area contributed by atoms with E-state index in [-0.39, 0.29) is 5.97 Å². The Bertz CT molecular complexity index is 399. The molecule has 0 aliphatic heterocycles. The average molecular weight is 303 g/mol. The van der Waals surface area contributed by atoms with Crippen molar-refractivity contribution in [3.8, 4) is 0 Å². The fraction of sp³-hybridized carbons (Fsp3) is 0.308. The molecule has 5 heteroatoms. The van der Waals surface area contributed by atoms with Gasteiger partial charge in [0.15, 0.2) is 0 Å². The molecule has 18 heavy (non-hydrogen) atoms. The zero-order valence-corrected chi connectivity index (χ0v) is 12.7. The lowest BCUT2D eigenvalue weighted by molar-refractivity contribution is -0.137. The van der Waals surface area contributed by atoms with Crippen LogP contribution >= 0.6 is 22.2 Å². The molecule has 1 rings (SSSR count). The van der Waals surface area contributed by atoms with Crippen LogP contribution in [0.4, 0.5) is 0 Å². The molecule has 0 heterocycles. The van der Waals surface area contributed by atoms with Gasteiger partial charge in [-0.15, -0.1) is 22.2 Å². The SMILES string of the molecule is C[Si](Cl)(Cl)CCCOC(=O)/C=C/c1ccccc1. The molecule has 0 atom stereocenters. The minimum Gasteiger partial charge on any atom is -0.463 e. The van der Waals surface area contributed by atoms with E-state index in [4.69, 9.17) is 26.9 Å². The van der Waals surface area contributed by atoms with Crippen LogP contribution in [0, 0.1) is 0 Å². The van der Waals surface area contributed by atoms with Gasteiger partial charge in [0.25, 0.3) is 0 Å². The number of ether oxygens (including phenoxy) is 1. The minimum absolute atomic E-state index is 0.341. The van der Waals surface area contributed by atoms with E-state index in [0.717, 1.165) is 11.6 Å². The standard InChI is InChI=1S/C13H16Cl2O2Si/c1-18(14,15)11-5-10-17-13(16)9-8-12-6-3-2-4-7-12/h2-4,6-9H,5,10-11H2,1H3/b9-8+. The van der Waals surface area contributed by atoms with E-state index in [1.807, 2.05) is 36.9 Å². The van der Waals surface area contributed by atoms with Gasteiger partial charge in [-0.25, -0.2) is 4.79 Å². The molecule has 0 saturated carbocycles. The maximum absolute atomic E-state index is 11.4. The first-order valence-corrected chi connectivity index (χ1v) is 10.5. The highest BCUT2D eigenvalue weighted by atomic mass is 35.7. The zero-order valence-electron chi connectivity index (χ0n) is 10.2. The molecule has 1 aromatic rings. The smallest absolute Gasteiger partial charge is 0.330 e. The highest BCUT2D eigenvalue weighted by molar-refractivity contribution is 7.44. The lowest BCUT2D eigenvalue weighted by atomic mass is 10.2. The van der Waals surface area contributed by atoms with E-state index in [1.54, 1.807) is 6.08 Å². The molecular formula is C13H16Cl2O2Si. The fourth-order valence-corrected chi connectivity index (χ4v) is 2.90. The highest BCUT2D eigenvalue weighted by Crippen LogP contribution is 2.21. The van der Waals surface area contributed by atoms with Gasteiger partial charge in [-0.2, -0.15) is 0 Å². The summed E-state index contributed by atoms with van der Waals surface area (Å²) >= 11 is 11.9. The molecule has 0 radical (unpaired) electrons. The Hall–Kier alpha value is -0.773. The maximum Gasteiger partial charge on any atom is 0.330 e. The van der Waals surface area contributed by atoms with Gasteiger partial charge in [0.1, 0.15) is 0 Å². The van der Waals surface area contributed by atoms with E-state index >= 15 is 0 Å². The molecule has 0 fully saturated rings. The summed E-state index contributed by atoms with van der Waals surface area (Å²) in [7, 11) is 0. The number of hydrogen-bond acceptors (Lipinski definition) is 2. The first kappa shape index (κ1) is 15.3. The summed E-state index contributed by atoms with van der Waals surface area (Å²) in [5.74, 6) is -0.341. The molecule has 2 nitrogen and oxygen atoms in total. The third-order valence-corrected chi connectivity index (χ3v) is 4.58. The summed E-state index contributed by atoms with van der Waals surface area (Å²) in [6.07, 6.45) is 3.86. The van der Waals surface area contributed by atoms with E-state index in [9.17, 15) is 4.79 Å². The Morgan fingerprint density at radius 1 is 1.33 bits per heavy atom. The average Bonchev–Trinajstić information content (AvgIpc) is 2.32. The first-order chi connectivity index (χ1) is 8.47. The largest absolute Gasteiger partial charge is 0.463 e. The van der Waals surface area contributed by atoms with Crippen LogP contribution in [0.2, 0.25) is 12.6 Å². The van der Waals surface area contributed by atoms with Crippen LogP contribution in [0.3, 0.4) is 0 Å². The van der Waals surface area contributed by atoms with Crippen molar-refractivity contribution in [2.24, 2.45) is 0 Å². The zero-order chi connectivity index (χ0) is 13.4. The van der Waals surface area contributed by atoms with Crippen LogP contribution in [-0.4, -0.2) is 19.3 Å². The van der Waals surface area contributed by atoms with Gasteiger partial charge in [0, 0.05) is 6.08 Å². The second-order valence-corrected chi connectivity index (χ2v) is 12.3. The lowest BCUT2D eigenvalue weighted by Gasteiger charge is -2.09. The molecule has 98 valence electrons. The van der Waals surface area contributed by atoms with Crippen molar-refractivity contribution in [3.63, 3.8) is 0 Å². The minimum atomic E-state index is -2.07. The van der Waals surface area contributed by atoms with E-state index in [2.05, 4.69) is 0 Å². The number of carbonyl (C=O) groups excluding carboxylic acids is 1. The monoisotopic (exact) mass is 302 g/mol. The number of rotatable bonds is 6. The molecule has 0 bridgehead atoms.